The number of carbonyl (C=O) groups excluding carboxylic acids is 1. The summed E-state index contributed by atoms with van der Waals surface area (Å²) in [6, 6.07) is 7.95. The van der Waals surface area contributed by atoms with Crippen LogP contribution in [0.5, 0.6) is 0 Å². The van der Waals surface area contributed by atoms with E-state index in [-0.39, 0.29) is 23.3 Å². The van der Waals surface area contributed by atoms with Gasteiger partial charge in [-0.15, -0.1) is 0 Å². The summed E-state index contributed by atoms with van der Waals surface area (Å²) in [6.45, 7) is 2.76. The summed E-state index contributed by atoms with van der Waals surface area (Å²) in [5.41, 5.74) is 1.02. The number of aromatic amines is 1. The normalized spacial score (nSPS) is 16.8. The number of hydrogen-bond acceptors (Lipinski definition) is 5. The first kappa shape index (κ1) is 19.0. The van der Waals surface area contributed by atoms with E-state index in [1.807, 2.05) is 6.07 Å². The Balaban J connectivity index is 1.46. The van der Waals surface area contributed by atoms with Crippen molar-refractivity contribution in [3.05, 3.63) is 81.4 Å². The van der Waals surface area contributed by atoms with Crippen LogP contribution >= 0.6 is 0 Å². The first-order valence-corrected chi connectivity index (χ1v) is 9.54. The number of rotatable bonds is 4. The standard InChI is InChI=1S/C21H21FN4O3/c1-13-8-18(25-21(28)24-13)20(27)26-7-3-5-15(12-26)19-23-11-17(29-19)10-14-4-2-6-16(22)9-14/h2,4,6,8-9,11,15H,3,5,7,10,12H2,1H3,(H,24,25,28)/t15-/m0/s1. The Kier molecular flexibility index (Phi) is 5.24. The minimum absolute atomic E-state index is 0.0305. The lowest BCUT2D eigenvalue weighted by atomic mass is 9.97. The molecule has 0 unspecified atom stereocenters. The second-order valence-electron chi connectivity index (χ2n) is 7.32. The van der Waals surface area contributed by atoms with Crippen LogP contribution in [0, 0.1) is 12.7 Å². The van der Waals surface area contributed by atoms with Crippen molar-refractivity contribution in [2.24, 2.45) is 0 Å². The van der Waals surface area contributed by atoms with Crippen LogP contribution in [0.1, 0.15) is 52.2 Å². The van der Waals surface area contributed by atoms with Gasteiger partial charge in [0.1, 0.15) is 17.3 Å². The molecule has 3 aromatic rings. The van der Waals surface area contributed by atoms with E-state index in [0.29, 0.717) is 36.9 Å². The van der Waals surface area contributed by atoms with Crippen LogP contribution in [0.2, 0.25) is 0 Å². The van der Waals surface area contributed by atoms with Gasteiger partial charge in [-0.1, -0.05) is 12.1 Å². The Hall–Kier alpha value is -3.29. The largest absolute Gasteiger partial charge is 0.445 e. The van der Waals surface area contributed by atoms with Gasteiger partial charge in [-0.2, -0.15) is 4.98 Å². The number of amides is 1. The van der Waals surface area contributed by atoms with Crippen molar-refractivity contribution in [2.75, 3.05) is 13.1 Å². The van der Waals surface area contributed by atoms with Crippen LogP contribution in [0.4, 0.5) is 4.39 Å². The van der Waals surface area contributed by atoms with Crippen LogP contribution in [0.25, 0.3) is 0 Å². The fraction of sp³-hybridized carbons (Fsp3) is 0.333. The molecule has 0 spiro atoms. The molecule has 1 aliphatic heterocycles. The van der Waals surface area contributed by atoms with Crippen molar-refractivity contribution in [2.45, 2.75) is 32.1 Å². The van der Waals surface area contributed by atoms with Gasteiger partial charge in [0.05, 0.1) is 12.1 Å². The lowest BCUT2D eigenvalue weighted by molar-refractivity contribution is 0.0691. The zero-order valence-electron chi connectivity index (χ0n) is 16.0. The Bertz CT molecular complexity index is 1090. The molecule has 0 bridgehead atoms. The SMILES string of the molecule is Cc1cc(C(=O)N2CCC[C@H](c3ncc(Cc4cccc(F)c4)o3)C2)nc(=O)[nH]1. The van der Waals surface area contributed by atoms with Crippen LogP contribution in [0.15, 0.2) is 45.7 Å². The topological polar surface area (TPSA) is 92.1 Å². The number of aryl methyl sites for hydroxylation is 1. The zero-order chi connectivity index (χ0) is 20.4. The summed E-state index contributed by atoms with van der Waals surface area (Å²) < 4.78 is 19.3. The molecule has 1 aromatic carbocycles. The maximum Gasteiger partial charge on any atom is 0.345 e. The molecule has 150 valence electrons. The number of aromatic nitrogens is 3. The highest BCUT2D eigenvalue weighted by atomic mass is 19.1. The molecule has 0 radical (unpaired) electrons. The Morgan fingerprint density at radius 2 is 2.24 bits per heavy atom. The quantitative estimate of drug-likeness (QED) is 0.732. The van der Waals surface area contributed by atoms with Gasteiger partial charge in [0, 0.05) is 25.2 Å². The molecule has 1 N–H and O–H groups in total. The highest BCUT2D eigenvalue weighted by Gasteiger charge is 2.29. The van der Waals surface area contributed by atoms with E-state index in [1.54, 1.807) is 30.2 Å². The van der Waals surface area contributed by atoms with Crippen molar-refractivity contribution in [1.29, 1.82) is 0 Å². The third kappa shape index (κ3) is 4.42. The first-order chi connectivity index (χ1) is 14.0. The Morgan fingerprint density at radius 3 is 3.03 bits per heavy atom. The van der Waals surface area contributed by atoms with E-state index >= 15 is 0 Å². The molecule has 7 nitrogen and oxygen atoms in total. The van der Waals surface area contributed by atoms with Gasteiger partial charge >= 0.3 is 5.69 Å². The fourth-order valence-electron chi connectivity index (χ4n) is 3.66. The lowest BCUT2D eigenvalue weighted by Crippen LogP contribution is -2.40. The van der Waals surface area contributed by atoms with Crippen LogP contribution in [-0.4, -0.2) is 38.8 Å². The summed E-state index contributed by atoms with van der Waals surface area (Å²) in [7, 11) is 0. The van der Waals surface area contributed by atoms with Crippen LogP contribution < -0.4 is 5.69 Å². The molecule has 0 saturated carbocycles. The number of likely N-dealkylation sites (tertiary alicyclic amines) is 1. The number of benzene rings is 1. The number of piperidine rings is 1. The molecule has 1 aliphatic rings. The maximum atomic E-state index is 13.4. The maximum absolute atomic E-state index is 13.4. The fourth-order valence-corrected chi connectivity index (χ4v) is 3.66. The van der Waals surface area contributed by atoms with Gasteiger partial charge in [0.25, 0.3) is 5.91 Å². The van der Waals surface area contributed by atoms with Gasteiger partial charge in [-0.3, -0.25) is 4.79 Å². The van der Waals surface area contributed by atoms with Gasteiger partial charge < -0.3 is 14.3 Å². The molecule has 0 aliphatic carbocycles. The van der Waals surface area contributed by atoms with E-state index in [1.165, 1.54) is 12.1 Å². The number of carbonyl (C=O) groups is 1. The number of hydrogen-bond donors (Lipinski definition) is 1. The Labute approximate surface area is 166 Å². The molecule has 2 aromatic heterocycles. The molecule has 4 rings (SSSR count). The molecule has 8 heteroatoms. The number of halogens is 1. The lowest BCUT2D eigenvalue weighted by Gasteiger charge is -2.31. The van der Waals surface area contributed by atoms with Gasteiger partial charge in [0.15, 0.2) is 5.89 Å². The molecule has 1 fully saturated rings. The minimum Gasteiger partial charge on any atom is -0.445 e. The molecular formula is C21H21FN4O3. The predicted molar refractivity (Wildman–Crippen MR) is 103 cm³/mol. The highest BCUT2D eigenvalue weighted by Crippen LogP contribution is 2.28. The van der Waals surface area contributed by atoms with Crippen LogP contribution in [-0.2, 0) is 6.42 Å². The zero-order valence-corrected chi connectivity index (χ0v) is 16.0. The average molecular weight is 396 g/mol. The average Bonchev–Trinajstić information content (AvgIpc) is 3.15. The number of H-pyrrole nitrogens is 1. The second kappa shape index (κ2) is 7.98. The van der Waals surface area contributed by atoms with Crippen molar-refractivity contribution >= 4 is 5.91 Å². The molecule has 29 heavy (non-hydrogen) atoms. The van der Waals surface area contributed by atoms with E-state index in [9.17, 15) is 14.0 Å². The summed E-state index contributed by atoms with van der Waals surface area (Å²) in [5, 5.41) is 0. The third-order valence-electron chi connectivity index (χ3n) is 5.00. The smallest absolute Gasteiger partial charge is 0.345 e. The minimum atomic E-state index is -0.531. The van der Waals surface area contributed by atoms with E-state index < -0.39 is 5.69 Å². The van der Waals surface area contributed by atoms with Gasteiger partial charge in [0.2, 0.25) is 0 Å². The van der Waals surface area contributed by atoms with Crippen molar-refractivity contribution in [1.82, 2.24) is 19.9 Å². The summed E-state index contributed by atoms with van der Waals surface area (Å²) in [6.07, 6.45) is 3.77. The van der Waals surface area contributed by atoms with Crippen molar-refractivity contribution in [3.8, 4) is 0 Å². The van der Waals surface area contributed by atoms with E-state index in [2.05, 4.69) is 15.0 Å². The highest BCUT2D eigenvalue weighted by molar-refractivity contribution is 5.92. The Morgan fingerprint density at radius 1 is 1.38 bits per heavy atom. The van der Waals surface area contributed by atoms with Crippen molar-refractivity contribution in [3.63, 3.8) is 0 Å². The summed E-state index contributed by atoms with van der Waals surface area (Å²) in [5.74, 6) is 0.643. The predicted octanol–water partition coefficient (Wildman–Crippen LogP) is 2.82. The van der Waals surface area contributed by atoms with E-state index in [0.717, 1.165) is 18.4 Å². The molecular weight excluding hydrogens is 375 g/mol. The third-order valence-corrected chi connectivity index (χ3v) is 5.00. The monoisotopic (exact) mass is 396 g/mol. The molecule has 1 atom stereocenters. The molecule has 1 amide bonds. The molecule has 3 heterocycles. The first-order valence-electron chi connectivity index (χ1n) is 9.54. The van der Waals surface area contributed by atoms with Gasteiger partial charge in [-0.25, -0.2) is 14.2 Å². The van der Waals surface area contributed by atoms with Gasteiger partial charge in [-0.05, 0) is 43.5 Å². The van der Waals surface area contributed by atoms with Crippen LogP contribution in [0.3, 0.4) is 0 Å². The van der Waals surface area contributed by atoms with E-state index in [4.69, 9.17) is 4.42 Å². The summed E-state index contributed by atoms with van der Waals surface area (Å²) in [4.78, 5) is 36.8. The number of nitrogens with zero attached hydrogens (tertiary/aromatic N) is 3. The van der Waals surface area contributed by atoms with Crippen molar-refractivity contribution < 1.29 is 13.6 Å². The summed E-state index contributed by atoms with van der Waals surface area (Å²) >= 11 is 0. The second-order valence-corrected chi connectivity index (χ2v) is 7.32. The number of nitrogens with one attached hydrogen (secondary N) is 1. The number of oxazole rings is 1. The molecule has 1 saturated heterocycles.